The number of nitrogens with one attached hydrogen (secondary N) is 2. The number of carbonyl (C=O) groups excluding carboxylic acids is 1. The quantitative estimate of drug-likeness (QED) is 0.763. The molecule has 130 valence electrons. The third-order valence-corrected chi connectivity index (χ3v) is 5.81. The maximum atomic E-state index is 13.4. The summed E-state index contributed by atoms with van der Waals surface area (Å²) in [5.41, 5.74) is 4.99. The summed E-state index contributed by atoms with van der Waals surface area (Å²) in [5.74, 6) is 0.220. The highest BCUT2D eigenvalue weighted by molar-refractivity contribution is 5.86. The second-order valence-corrected chi connectivity index (χ2v) is 7.41. The molecule has 1 amide bonds. The van der Waals surface area contributed by atoms with Crippen LogP contribution in [0.2, 0.25) is 0 Å². The van der Waals surface area contributed by atoms with Crippen LogP contribution in [0.1, 0.15) is 17.0 Å². The lowest BCUT2D eigenvalue weighted by Crippen LogP contribution is -3.12. The minimum atomic E-state index is -0.0757. The number of hydrogen-bond donors (Lipinski definition) is 2. The van der Waals surface area contributed by atoms with Gasteiger partial charge in [0.1, 0.15) is 11.4 Å². The normalized spacial score (nSPS) is 23.5. The van der Waals surface area contributed by atoms with Crippen LogP contribution in [0, 0.1) is 0 Å². The molecule has 0 spiro atoms. The van der Waals surface area contributed by atoms with E-state index >= 15 is 0 Å². The second kappa shape index (κ2) is 6.62. The lowest BCUT2D eigenvalue weighted by molar-refractivity contribution is -0.883. The highest BCUT2D eigenvalue weighted by Crippen LogP contribution is 2.33. The van der Waals surface area contributed by atoms with E-state index in [4.69, 9.17) is 0 Å². The van der Waals surface area contributed by atoms with E-state index in [9.17, 15) is 4.79 Å². The summed E-state index contributed by atoms with van der Waals surface area (Å²) in [6, 6.07) is 17.0. The highest BCUT2D eigenvalue weighted by atomic mass is 16.2. The lowest BCUT2D eigenvalue weighted by atomic mass is 9.90. The number of quaternary nitrogens is 2. The summed E-state index contributed by atoms with van der Waals surface area (Å²) < 4.78 is 0. The average Bonchev–Trinajstić information content (AvgIpc) is 2.78. The van der Waals surface area contributed by atoms with Gasteiger partial charge < -0.3 is 9.80 Å². The Hall–Kier alpha value is -2.17. The fraction of sp³-hybridized carbons (Fsp3) is 0.381. The Morgan fingerprint density at radius 3 is 2.36 bits per heavy atom. The number of hydrogen-bond acceptors (Lipinski definition) is 1. The molecule has 0 aromatic heterocycles. The molecule has 1 fully saturated rings. The van der Waals surface area contributed by atoms with Crippen LogP contribution in [0.15, 0.2) is 48.5 Å². The molecule has 0 saturated carbocycles. The van der Waals surface area contributed by atoms with Crippen molar-refractivity contribution in [2.75, 3.05) is 40.3 Å². The van der Waals surface area contributed by atoms with E-state index in [1.807, 2.05) is 0 Å². The van der Waals surface area contributed by atoms with Crippen LogP contribution < -0.4 is 9.80 Å². The third-order valence-electron chi connectivity index (χ3n) is 5.81. The first-order chi connectivity index (χ1) is 12.1. The molecule has 4 heteroatoms. The van der Waals surface area contributed by atoms with Crippen molar-refractivity contribution < 1.29 is 14.6 Å². The molecule has 1 saturated heterocycles. The number of fused-ring (bicyclic) bond motifs is 2. The molecule has 2 heterocycles. The molecule has 2 unspecified atom stereocenters. The van der Waals surface area contributed by atoms with Crippen molar-refractivity contribution in [1.82, 2.24) is 4.90 Å². The van der Waals surface area contributed by atoms with E-state index in [2.05, 4.69) is 67.5 Å². The van der Waals surface area contributed by atoms with E-state index < -0.39 is 0 Å². The Morgan fingerprint density at radius 1 is 0.960 bits per heavy atom. The van der Waals surface area contributed by atoms with Gasteiger partial charge in [-0.05, 0) is 18.6 Å². The predicted molar refractivity (Wildman–Crippen MR) is 98.7 cm³/mol. The van der Waals surface area contributed by atoms with E-state index in [1.54, 1.807) is 0 Å². The second-order valence-electron chi connectivity index (χ2n) is 7.41. The molecule has 25 heavy (non-hydrogen) atoms. The fourth-order valence-corrected chi connectivity index (χ4v) is 4.23. The van der Waals surface area contributed by atoms with Crippen LogP contribution in [0.5, 0.6) is 0 Å². The first kappa shape index (κ1) is 16.3. The minimum Gasteiger partial charge on any atom is -0.334 e. The van der Waals surface area contributed by atoms with Crippen LogP contribution in [0.4, 0.5) is 11.4 Å². The lowest BCUT2D eigenvalue weighted by Gasteiger charge is -2.32. The van der Waals surface area contributed by atoms with Crippen LogP contribution >= 0.6 is 0 Å². The number of likely N-dealkylation sites (N-methyl/N-ethyl adjacent to an activating group) is 1. The zero-order valence-electron chi connectivity index (χ0n) is 15.1. The van der Waals surface area contributed by atoms with E-state index in [-0.39, 0.29) is 5.92 Å². The van der Waals surface area contributed by atoms with Crippen molar-refractivity contribution in [2.45, 2.75) is 12.3 Å². The first-order valence-corrected chi connectivity index (χ1v) is 9.26. The Bertz CT molecular complexity index is 780. The molecule has 4 rings (SSSR count). The van der Waals surface area contributed by atoms with Gasteiger partial charge >= 0.3 is 0 Å². The standard InChI is InChI=1S/C21H25N3O/c1-22-11-13-24(14-12-22)21(25)18-15-16-7-3-5-9-19(16)23(2)20-10-6-4-8-17(18)20/h3-10,18H,11-15H2,1-2H3/p+2. The number of amides is 1. The number of benzene rings is 2. The number of rotatable bonds is 1. The van der Waals surface area contributed by atoms with E-state index in [1.165, 1.54) is 32.3 Å². The van der Waals surface area contributed by atoms with Gasteiger partial charge in [0.25, 0.3) is 0 Å². The van der Waals surface area contributed by atoms with E-state index in [0.29, 0.717) is 5.91 Å². The van der Waals surface area contributed by atoms with Crippen LogP contribution in [0.3, 0.4) is 0 Å². The Morgan fingerprint density at radius 2 is 1.60 bits per heavy atom. The molecule has 0 radical (unpaired) electrons. The molecule has 2 atom stereocenters. The number of carbonyl (C=O) groups is 1. The van der Waals surface area contributed by atoms with Crippen molar-refractivity contribution in [2.24, 2.45) is 0 Å². The molecule has 2 N–H and O–H groups in total. The van der Waals surface area contributed by atoms with Crippen LogP contribution in [-0.2, 0) is 11.2 Å². The summed E-state index contributed by atoms with van der Waals surface area (Å²) in [6.07, 6.45) is 0.794. The molecule has 0 bridgehead atoms. The topological polar surface area (TPSA) is 29.2 Å². The molecule has 2 aromatic carbocycles. The SMILES string of the molecule is C[NH+]1CCN(C(=O)C2Cc3ccccc3[NH+](C)c3ccccc32)CC1. The summed E-state index contributed by atoms with van der Waals surface area (Å²) in [5, 5.41) is 0. The van der Waals surface area contributed by atoms with Gasteiger partial charge in [0, 0.05) is 11.1 Å². The maximum Gasteiger partial charge on any atom is 0.231 e. The summed E-state index contributed by atoms with van der Waals surface area (Å²) in [4.78, 5) is 18.3. The fourth-order valence-electron chi connectivity index (χ4n) is 4.23. The monoisotopic (exact) mass is 337 g/mol. The average molecular weight is 337 g/mol. The predicted octanol–water partition coefficient (Wildman–Crippen LogP) is 0.161. The third kappa shape index (κ3) is 2.96. The molecular formula is C21H27N3O+2. The zero-order chi connectivity index (χ0) is 17.4. The van der Waals surface area contributed by atoms with Gasteiger partial charge in [0.2, 0.25) is 5.91 Å². The Balaban J connectivity index is 1.74. The summed E-state index contributed by atoms with van der Waals surface area (Å²) in [6.45, 7) is 3.82. The van der Waals surface area contributed by atoms with Crippen molar-refractivity contribution in [3.63, 3.8) is 0 Å². The van der Waals surface area contributed by atoms with Crippen molar-refractivity contribution >= 4 is 17.3 Å². The smallest absolute Gasteiger partial charge is 0.231 e. The van der Waals surface area contributed by atoms with Crippen molar-refractivity contribution in [3.8, 4) is 0 Å². The largest absolute Gasteiger partial charge is 0.334 e. The summed E-state index contributed by atoms with van der Waals surface area (Å²) in [7, 11) is 4.39. The van der Waals surface area contributed by atoms with E-state index in [0.717, 1.165) is 32.6 Å². The number of nitrogens with zero attached hydrogens (tertiary/aromatic N) is 1. The Labute approximate surface area is 149 Å². The van der Waals surface area contributed by atoms with Gasteiger partial charge in [0.15, 0.2) is 0 Å². The maximum absolute atomic E-state index is 13.4. The molecule has 0 aliphatic carbocycles. The van der Waals surface area contributed by atoms with Crippen LogP contribution in [-0.4, -0.2) is 51.1 Å². The highest BCUT2D eigenvalue weighted by Gasteiger charge is 2.36. The van der Waals surface area contributed by atoms with Crippen molar-refractivity contribution in [3.05, 3.63) is 59.7 Å². The number of para-hydroxylation sites is 2. The van der Waals surface area contributed by atoms with Crippen molar-refractivity contribution in [1.29, 1.82) is 0 Å². The first-order valence-electron chi connectivity index (χ1n) is 9.26. The molecule has 4 nitrogen and oxygen atoms in total. The van der Waals surface area contributed by atoms with Gasteiger partial charge in [-0.1, -0.05) is 36.4 Å². The van der Waals surface area contributed by atoms with Gasteiger partial charge in [0.05, 0.1) is 46.2 Å². The minimum absolute atomic E-state index is 0.0757. The van der Waals surface area contributed by atoms with Gasteiger partial charge in [-0.15, -0.1) is 0 Å². The Kier molecular flexibility index (Phi) is 4.32. The van der Waals surface area contributed by atoms with Gasteiger partial charge in [-0.2, -0.15) is 0 Å². The van der Waals surface area contributed by atoms with Gasteiger partial charge in [-0.25, -0.2) is 0 Å². The van der Waals surface area contributed by atoms with Gasteiger partial charge in [-0.3, -0.25) is 9.69 Å². The molecule has 2 aromatic rings. The molecule has 2 aliphatic heterocycles. The summed E-state index contributed by atoms with van der Waals surface area (Å²) >= 11 is 0. The molecular weight excluding hydrogens is 310 g/mol. The molecule has 2 aliphatic rings. The number of piperazine rings is 1. The zero-order valence-corrected chi connectivity index (χ0v) is 15.1. The van der Waals surface area contributed by atoms with Crippen LogP contribution in [0.25, 0.3) is 0 Å².